The Kier molecular flexibility index (Phi) is 5.58. The number of hydrogen-bond acceptors (Lipinski definition) is 3. The predicted octanol–water partition coefficient (Wildman–Crippen LogP) is 9.56. The van der Waals surface area contributed by atoms with Crippen molar-refractivity contribution in [3.63, 3.8) is 0 Å². The molecule has 6 fully saturated rings. The molecule has 0 unspecified atom stereocenters. The van der Waals surface area contributed by atoms with Gasteiger partial charge in [-0.2, -0.15) is 0 Å². The number of hydrogen-bond donors (Lipinski definition) is 0. The van der Waals surface area contributed by atoms with Gasteiger partial charge in [0.25, 0.3) is 5.69 Å². The van der Waals surface area contributed by atoms with Gasteiger partial charge in [0.1, 0.15) is 5.60 Å². The number of benzene rings is 1. The van der Waals surface area contributed by atoms with Crippen LogP contribution in [0.3, 0.4) is 0 Å². The van der Waals surface area contributed by atoms with E-state index >= 15 is 0 Å². The van der Waals surface area contributed by atoms with Gasteiger partial charge in [0.05, 0.1) is 16.6 Å². The Balaban J connectivity index is 1.26. The summed E-state index contributed by atoms with van der Waals surface area (Å²) >= 11 is 0. The second-order valence-corrected chi connectivity index (χ2v) is 17.3. The van der Waals surface area contributed by atoms with Crippen LogP contribution in [0.15, 0.2) is 24.3 Å². The number of epoxide rings is 1. The molecule has 0 N–H and O–H groups in total. The average Bonchev–Trinajstić information content (AvgIpc) is 3.62. The average molecular weight is 548 g/mol. The van der Waals surface area contributed by atoms with Gasteiger partial charge >= 0.3 is 0 Å². The highest BCUT2D eigenvalue weighted by Crippen LogP contribution is 2.81. The summed E-state index contributed by atoms with van der Waals surface area (Å²) in [4.78, 5) is 11.9. The molecule has 1 saturated heterocycles. The number of ether oxygens (including phenoxy) is 1. The van der Waals surface area contributed by atoms with Gasteiger partial charge in [-0.3, -0.25) is 10.1 Å². The molecule has 0 spiro atoms. The zero-order valence-corrected chi connectivity index (χ0v) is 26.4. The summed E-state index contributed by atoms with van der Waals surface area (Å²) in [5.41, 5.74) is 1.81. The lowest BCUT2D eigenvalue weighted by atomic mass is 9.31. The minimum absolute atomic E-state index is 0.0755. The highest BCUT2D eigenvalue weighted by molar-refractivity contribution is 5.50. The Morgan fingerprint density at radius 1 is 0.850 bits per heavy atom. The first-order chi connectivity index (χ1) is 18.7. The van der Waals surface area contributed by atoms with Crippen LogP contribution in [-0.2, 0) is 10.3 Å². The quantitative estimate of drug-likeness (QED) is 0.210. The predicted molar refractivity (Wildman–Crippen MR) is 160 cm³/mol. The summed E-state index contributed by atoms with van der Waals surface area (Å²) in [5.74, 6) is 4.56. The van der Waals surface area contributed by atoms with Crippen LogP contribution in [0.1, 0.15) is 119 Å². The summed E-state index contributed by atoms with van der Waals surface area (Å²) in [5, 5.41) is 12.1. The number of nitro groups is 1. The van der Waals surface area contributed by atoms with E-state index in [9.17, 15) is 10.1 Å². The molecule has 12 atom stereocenters. The molecule has 0 bridgehead atoms. The highest BCUT2D eigenvalue weighted by atomic mass is 16.6. The molecule has 4 heteroatoms. The fraction of sp³-hybridized carbons (Fsp3) is 0.833. The zero-order valence-electron chi connectivity index (χ0n) is 26.4. The summed E-state index contributed by atoms with van der Waals surface area (Å²) in [6, 6.07) is 7.41. The normalized spacial score (nSPS) is 54.1. The number of nitro benzene ring substituents is 1. The second-order valence-electron chi connectivity index (χ2n) is 17.3. The van der Waals surface area contributed by atoms with Crippen molar-refractivity contribution in [2.24, 2.45) is 62.6 Å². The van der Waals surface area contributed by atoms with Gasteiger partial charge in [-0.1, -0.05) is 67.5 Å². The van der Waals surface area contributed by atoms with E-state index in [1.165, 1.54) is 51.4 Å². The molecule has 1 aromatic rings. The third-order valence-electron chi connectivity index (χ3n) is 16.0. The Labute approximate surface area is 242 Å². The largest absolute Gasteiger partial charge is 0.360 e. The van der Waals surface area contributed by atoms with Crippen molar-refractivity contribution in [3.05, 3.63) is 39.9 Å². The Morgan fingerprint density at radius 3 is 2.30 bits per heavy atom. The number of para-hydroxylation sites is 1. The molecule has 5 aliphatic carbocycles. The van der Waals surface area contributed by atoms with E-state index in [1.54, 1.807) is 12.1 Å². The molecule has 4 nitrogen and oxygen atoms in total. The van der Waals surface area contributed by atoms with Gasteiger partial charge in [0, 0.05) is 11.5 Å². The fourth-order valence-corrected chi connectivity index (χ4v) is 13.7. The lowest BCUT2D eigenvalue weighted by Crippen LogP contribution is -2.67. The van der Waals surface area contributed by atoms with Gasteiger partial charge in [-0.25, -0.2) is 0 Å². The molecule has 7 rings (SSSR count). The summed E-state index contributed by atoms with van der Waals surface area (Å²) in [6.07, 6.45) is 12.0. The highest BCUT2D eigenvalue weighted by Gasteiger charge is 2.79. The maximum atomic E-state index is 12.1. The van der Waals surface area contributed by atoms with Gasteiger partial charge in [0.15, 0.2) is 0 Å². The number of nitrogens with zero attached hydrogens (tertiary/aromatic N) is 1. The first-order valence-corrected chi connectivity index (χ1v) is 16.6. The second kappa shape index (κ2) is 8.14. The maximum Gasteiger partial charge on any atom is 0.275 e. The molecule has 40 heavy (non-hydrogen) atoms. The molecular formula is C36H53NO3. The van der Waals surface area contributed by atoms with Crippen LogP contribution in [0.25, 0.3) is 0 Å². The molecule has 1 aliphatic heterocycles. The Hall–Kier alpha value is -1.42. The van der Waals surface area contributed by atoms with Crippen molar-refractivity contribution in [2.45, 2.75) is 125 Å². The van der Waals surface area contributed by atoms with Gasteiger partial charge in [0.2, 0.25) is 0 Å². The smallest absolute Gasteiger partial charge is 0.275 e. The van der Waals surface area contributed by atoms with E-state index in [-0.39, 0.29) is 27.5 Å². The fourth-order valence-electron chi connectivity index (χ4n) is 13.7. The van der Waals surface area contributed by atoms with E-state index in [0.717, 1.165) is 35.7 Å². The van der Waals surface area contributed by atoms with Crippen molar-refractivity contribution in [3.8, 4) is 0 Å². The molecule has 1 heterocycles. The number of rotatable bonds is 2. The van der Waals surface area contributed by atoms with Crippen molar-refractivity contribution in [2.75, 3.05) is 0 Å². The molecule has 1 aromatic carbocycles. The van der Waals surface area contributed by atoms with Crippen LogP contribution in [0.4, 0.5) is 5.69 Å². The summed E-state index contributed by atoms with van der Waals surface area (Å²) in [7, 11) is 0. The molecular weight excluding hydrogens is 494 g/mol. The van der Waals surface area contributed by atoms with Crippen LogP contribution in [0.5, 0.6) is 0 Å². The van der Waals surface area contributed by atoms with Gasteiger partial charge < -0.3 is 4.74 Å². The molecule has 0 amide bonds. The van der Waals surface area contributed by atoms with E-state index in [1.807, 2.05) is 12.1 Å². The van der Waals surface area contributed by atoms with Gasteiger partial charge in [-0.15, -0.1) is 0 Å². The lowest BCUT2D eigenvalue weighted by molar-refractivity contribution is -0.386. The Bertz CT molecular complexity index is 1240. The summed E-state index contributed by atoms with van der Waals surface area (Å²) < 4.78 is 6.76. The van der Waals surface area contributed by atoms with Gasteiger partial charge in [-0.05, 0) is 121 Å². The molecule has 220 valence electrons. The third kappa shape index (κ3) is 3.03. The van der Waals surface area contributed by atoms with E-state index in [0.29, 0.717) is 28.1 Å². The monoisotopic (exact) mass is 547 g/mol. The Morgan fingerprint density at radius 2 is 1.57 bits per heavy atom. The molecule has 6 aliphatic rings. The first-order valence-electron chi connectivity index (χ1n) is 16.6. The van der Waals surface area contributed by atoms with Crippen LogP contribution >= 0.6 is 0 Å². The van der Waals surface area contributed by atoms with Crippen LogP contribution in [-0.4, -0.2) is 11.0 Å². The summed E-state index contributed by atoms with van der Waals surface area (Å²) in [6.45, 7) is 20.6. The SMILES string of the molecule is C[C@@H]1[C@H]2[C@H]3CC[C@@H]4[C@@]5(C)C[C@@H]6O[C@]6(c6ccccc6[N+](=O)[O-])C(C)(C)[C@@H]5CC[C@@]4(C)[C@]3(C)CC[C@@]2(C)CC[C@H]1C. The molecule has 5 saturated carbocycles. The zero-order chi connectivity index (χ0) is 28.7. The minimum Gasteiger partial charge on any atom is -0.360 e. The third-order valence-corrected chi connectivity index (χ3v) is 16.0. The molecule has 0 aromatic heterocycles. The first kappa shape index (κ1) is 27.4. The van der Waals surface area contributed by atoms with Crippen molar-refractivity contribution in [1.82, 2.24) is 0 Å². The van der Waals surface area contributed by atoms with Crippen LogP contribution < -0.4 is 0 Å². The van der Waals surface area contributed by atoms with Crippen LogP contribution in [0, 0.1) is 72.7 Å². The van der Waals surface area contributed by atoms with E-state index < -0.39 is 5.60 Å². The van der Waals surface area contributed by atoms with Crippen molar-refractivity contribution in [1.29, 1.82) is 0 Å². The molecule has 0 radical (unpaired) electrons. The topological polar surface area (TPSA) is 55.7 Å². The van der Waals surface area contributed by atoms with E-state index in [4.69, 9.17) is 4.74 Å². The lowest BCUT2D eigenvalue weighted by Gasteiger charge is -2.73. The van der Waals surface area contributed by atoms with E-state index in [2.05, 4.69) is 55.4 Å². The van der Waals surface area contributed by atoms with Crippen molar-refractivity contribution >= 4 is 5.69 Å². The van der Waals surface area contributed by atoms with Crippen LogP contribution in [0.2, 0.25) is 0 Å². The maximum absolute atomic E-state index is 12.1. The minimum atomic E-state index is -0.532. The standard InChI is InChI=1S/C36H53NO3/c1-22-15-17-32(5)19-20-34(7)25(30(32)23(22)2)13-14-28-33(6)21-29-36(40-29,24-11-9-10-12-26(24)37(38)39)31(3,4)27(33)16-18-35(28,34)8/h9-12,22-23,25,27-30H,13-21H2,1-8H3/t22-,23+,25-,27+,28-,29+,30+,32-,33+,34-,35-,36+/m1/s1. The number of fused-ring (bicyclic) bond motifs is 8. The van der Waals surface area contributed by atoms with Crippen molar-refractivity contribution < 1.29 is 9.66 Å².